The number of allylic oxidation sites excluding steroid dienone is 1. The zero-order chi connectivity index (χ0) is 29.8. The molecule has 1 aliphatic heterocycles. The van der Waals surface area contributed by atoms with Crippen LogP contribution < -0.4 is 29.1 Å². The first-order valence-electron chi connectivity index (χ1n) is 13.2. The number of carbonyl (C=O) groups excluding carboxylic acids is 2. The third-order valence-corrected chi connectivity index (χ3v) is 7.54. The summed E-state index contributed by atoms with van der Waals surface area (Å²) >= 11 is 4.66. The maximum absolute atomic E-state index is 14.0. The van der Waals surface area contributed by atoms with E-state index in [0.29, 0.717) is 48.7 Å². The first-order valence-corrected chi connectivity index (χ1v) is 14.8. The van der Waals surface area contributed by atoms with Gasteiger partial charge in [-0.05, 0) is 80.4 Å². The average molecular weight is 644 g/mol. The van der Waals surface area contributed by atoms with E-state index in [1.54, 1.807) is 32.1 Å². The van der Waals surface area contributed by atoms with Crippen LogP contribution >= 0.6 is 27.3 Å². The predicted molar refractivity (Wildman–Crippen MR) is 159 cm³/mol. The SMILES string of the molecule is CCOC(=O)C1=C(C)N=c2s/c(=C\c3cc(Br)c(OC(C)=O)c(OCC)c3)c(=O)n2[C@@H]1c1ccccc1OC(C)C. The molecule has 0 N–H and O–H groups in total. The molecular formula is C30H31BrN2O7S. The van der Waals surface area contributed by atoms with Gasteiger partial charge in [-0.15, -0.1) is 0 Å². The quantitative estimate of drug-likeness (QED) is 0.247. The number of benzene rings is 2. The number of para-hydroxylation sites is 1. The summed E-state index contributed by atoms with van der Waals surface area (Å²) in [6.45, 7) is 11.0. The molecule has 2 heterocycles. The summed E-state index contributed by atoms with van der Waals surface area (Å²) in [6.07, 6.45) is 1.59. The minimum Gasteiger partial charge on any atom is -0.491 e. The molecule has 0 saturated heterocycles. The highest BCUT2D eigenvalue weighted by Crippen LogP contribution is 2.38. The van der Waals surface area contributed by atoms with E-state index in [1.807, 2.05) is 45.0 Å². The highest BCUT2D eigenvalue weighted by molar-refractivity contribution is 9.10. The van der Waals surface area contributed by atoms with Gasteiger partial charge in [0.05, 0.1) is 39.6 Å². The van der Waals surface area contributed by atoms with E-state index < -0.39 is 18.0 Å². The summed E-state index contributed by atoms with van der Waals surface area (Å²) in [4.78, 5) is 44.0. The minimum absolute atomic E-state index is 0.129. The Morgan fingerprint density at radius 2 is 1.88 bits per heavy atom. The number of fused-ring (bicyclic) bond motifs is 1. The van der Waals surface area contributed by atoms with Crippen molar-refractivity contribution in [3.8, 4) is 17.2 Å². The molecule has 0 fully saturated rings. The second kappa shape index (κ2) is 12.9. The van der Waals surface area contributed by atoms with Crippen molar-refractivity contribution < 1.29 is 28.5 Å². The highest BCUT2D eigenvalue weighted by atomic mass is 79.9. The molecule has 3 aromatic rings. The molecule has 0 bridgehead atoms. The van der Waals surface area contributed by atoms with E-state index in [0.717, 1.165) is 0 Å². The van der Waals surface area contributed by atoms with Crippen LogP contribution in [0, 0.1) is 0 Å². The van der Waals surface area contributed by atoms with Crippen LogP contribution in [0.4, 0.5) is 0 Å². The Labute approximate surface area is 249 Å². The minimum atomic E-state index is -0.806. The first kappa shape index (κ1) is 30.3. The summed E-state index contributed by atoms with van der Waals surface area (Å²) in [7, 11) is 0. The lowest BCUT2D eigenvalue weighted by molar-refractivity contribution is -0.139. The van der Waals surface area contributed by atoms with Crippen molar-refractivity contribution in [1.29, 1.82) is 0 Å². The predicted octanol–water partition coefficient (Wildman–Crippen LogP) is 4.67. The van der Waals surface area contributed by atoms with Crippen LogP contribution in [-0.2, 0) is 14.3 Å². The molecule has 11 heteroatoms. The van der Waals surface area contributed by atoms with Gasteiger partial charge in [-0.3, -0.25) is 14.2 Å². The number of thiazole rings is 1. The lowest BCUT2D eigenvalue weighted by atomic mass is 9.95. The first-order chi connectivity index (χ1) is 19.5. The Morgan fingerprint density at radius 1 is 1.15 bits per heavy atom. The molecule has 9 nitrogen and oxygen atoms in total. The number of carbonyl (C=O) groups is 2. The largest absolute Gasteiger partial charge is 0.491 e. The van der Waals surface area contributed by atoms with Crippen LogP contribution in [0.25, 0.3) is 6.08 Å². The standard InChI is InChI=1S/C30H31BrN2O7S/c1-7-37-23-14-19(13-21(31)27(23)40-18(6)34)15-24-28(35)33-26(20-11-9-10-12-22(20)39-16(3)4)25(29(36)38-8-2)17(5)32-30(33)41-24/h9-16,26H,7-8H2,1-6H3/b24-15-/t26-/m1/s1. The number of esters is 2. The van der Waals surface area contributed by atoms with E-state index in [1.165, 1.54) is 22.8 Å². The monoisotopic (exact) mass is 642 g/mol. The molecule has 1 atom stereocenters. The van der Waals surface area contributed by atoms with Crippen molar-refractivity contribution in [1.82, 2.24) is 4.57 Å². The Bertz CT molecular complexity index is 1700. The lowest BCUT2D eigenvalue weighted by Gasteiger charge is -2.26. The van der Waals surface area contributed by atoms with E-state index in [9.17, 15) is 14.4 Å². The molecule has 1 aliphatic rings. The Balaban J connectivity index is 1.95. The van der Waals surface area contributed by atoms with Crippen LogP contribution in [0.15, 0.2) is 61.9 Å². The van der Waals surface area contributed by atoms with Crippen molar-refractivity contribution in [2.45, 2.75) is 53.7 Å². The smallest absolute Gasteiger partial charge is 0.338 e. The summed E-state index contributed by atoms with van der Waals surface area (Å²) in [5.74, 6) is 0.148. The molecule has 0 saturated carbocycles. The van der Waals surface area contributed by atoms with Crippen LogP contribution in [0.1, 0.15) is 58.7 Å². The molecule has 0 spiro atoms. The van der Waals surface area contributed by atoms with Crippen LogP contribution in [0.2, 0.25) is 0 Å². The number of hydrogen-bond donors (Lipinski definition) is 0. The fourth-order valence-electron chi connectivity index (χ4n) is 4.48. The summed E-state index contributed by atoms with van der Waals surface area (Å²) in [6, 6.07) is 9.98. The van der Waals surface area contributed by atoms with Crippen molar-refractivity contribution in [2.24, 2.45) is 4.99 Å². The van der Waals surface area contributed by atoms with Gasteiger partial charge in [-0.2, -0.15) is 0 Å². The van der Waals surface area contributed by atoms with E-state index in [2.05, 4.69) is 20.9 Å². The molecule has 2 aromatic carbocycles. The molecule has 0 radical (unpaired) electrons. The van der Waals surface area contributed by atoms with E-state index in [-0.39, 0.29) is 29.6 Å². The van der Waals surface area contributed by atoms with Gasteiger partial charge in [-0.1, -0.05) is 29.5 Å². The van der Waals surface area contributed by atoms with E-state index in [4.69, 9.17) is 18.9 Å². The maximum Gasteiger partial charge on any atom is 0.338 e. The topological polar surface area (TPSA) is 105 Å². The molecule has 41 heavy (non-hydrogen) atoms. The van der Waals surface area contributed by atoms with Gasteiger partial charge in [-0.25, -0.2) is 9.79 Å². The van der Waals surface area contributed by atoms with Crippen LogP contribution in [-0.4, -0.2) is 35.8 Å². The van der Waals surface area contributed by atoms with Gasteiger partial charge >= 0.3 is 11.9 Å². The zero-order valence-electron chi connectivity index (χ0n) is 23.6. The Kier molecular flexibility index (Phi) is 9.49. The van der Waals surface area contributed by atoms with Gasteiger partial charge in [0.2, 0.25) is 0 Å². The second-order valence-electron chi connectivity index (χ2n) is 9.36. The third-order valence-electron chi connectivity index (χ3n) is 5.97. The van der Waals surface area contributed by atoms with Gasteiger partial charge in [0.1, 0.15) is 11.8 Å². The maximum atomic E-state index is 14.0. The fourth-order valence-corrected chi connectivity index (χ4v) is 6.07. The van der Waals surface area contributed by atoms with Crippen molar-refractivity contribution in [2.75, 3.05) is 13.2 Å². The number of halogens is 1. The Hall–Kier alpha value is -3.70. The highest BCUT2D eigenvalue weighted by Gasteiger charge is 2.35. The summed E-state index contributed by atoms with van der Waals surface area (Å²) in [5, 5.41) is 0. The van der Waals surface area contributed by atoms with Crippen molar-refractivity contribution in [3.05, 3.63) is 83.0 Å². The summed E-state index contributed by atoms with van der Waals surface area (Å²) in [5.41, 5.74) is 1.71. The number of hydrogen-bond acceptors (Lipinski definition) is 9. The van der Waals surface area contributed by atoms with Crippen LogP contribution in [0.5, 0.6) is 17.2 Å². The van der Waals surface area contributed by atoms with Crippen molar-refractivity contribution in [3.63, 3.8) is 0 Å². The normalized spacial score (nSPS) is 14.9. The summed E-state index contributed by atoms with van der Waals surface area (Å²) < 4.78 is 24.9. The van der Waals surface area contributed by atoms with Gasteiger partial charge < -0.3 is 18.9 Å². The number of aromatic nitrogens is 1. The van der Waals surface area contributed by atoms with Gasteiger partial charge in [0, 0.05) is 12.5 Å². The second-order valence-corrected chi connectivity index (χ2v) is 11.2. The van der Waals surface area contributed by atoms with Crippen molar-refractivity contribution >= 4 is 45.3 Å². The lowest BCUT2D eigenvalue weighted by Crippen LogP contribution is -2.40. The van der Waals surface area contributed by atoms with Gasteiger partial charge in [0.15, 0.2) is 16.3 Å². The molecule has 1 aromatic heterocycles. The van der Waals surface area contributed by atoms with Crippen LogP contribution in [0.3, 0.4) is 0 Å². The third kappa shape index (κ3) is 6.46. The molecule has 216 valence electrons. The van der Waals surface area contributed by atoms with Gasteiger partial charge in [0.25, 0.3) is 5.56 Å². The fraction of sp³-hybridized carbons (Fsp3) is 0.333. The number of ether oxygens (including phenoxy) is 4. The average Bonchev–Trinajstić information content (AvgIpc) is 3.19. The molecule has 4 rings (SSSR count). The molecule has 0 aliphatic carbocycles. The number of rotatable bonds is 9. The Morgan fingerprint density at radius 3 is 2.54 bits per heavy atom. The van der Waals surface area contributed by atoms with E-state index >= 15 is 0 Å². The zero-order valence-corrected chi connectivity index (χ0v) is 26.1. The number of nitrogens with zero attached hydrogens (tertiary/aromatic N) is 2. The molecule has 0 amide bonds. The molecule has 0 unspecified atom stereocenters. The molecular weight excluding hydrogens is 612 g/mol.